The van der Waals surface area contributed by atoms with Crippen LogP contribution in [0.3, 0.4) is 0 Å². The molecule has 29 heavy (non-hydrogen) atoms. The van der Waals surface area contributed by atoms with Crippen molar-refractivity contribution >= 4 is 35.0 Å². The topological polar surface area (TPSA) is 56.2 Å². The number of halogens is 4. The minimum atomic E-state index is -4.53. The fourth-order valence-electron chi connectivity index (χ4n) is 2.45. The molecule has 0 fully saturated rings. The number of nitrogens with zero attached hydrogens (tertiary/aromatic N) is 2. The molecule has 10 heteroatoms. The number of carbonyl (C=O) groups is 1. The summed E-state index contributed by atoms with van der Waals surface area (Å²) in [5.74, 6) is 0.153. The van der Waals surface area contributed by atoms with Crippen molar-refractivity contribution < 1.29 is 22.7 Å². The molecule has 152 valence electrons. The molecule has 0 radical (unpaired) electrons. The average molecular weight is 442 g/mol. The predicted molar refractivity (Wildman–Crippen MR) is 106 cm³/mol. The second-order valence-electron chi connectivity index (χ2n) is 5.81. The van der Waals surface area contributed by atoms with Crippen molar-refractivity contribution in [1.29, 1.82) is 0 Å². The Morgan fingerprint density at radius 2 is 1.97 bits per heavy atom. The molecule has 0 aliphatic rings. The fraction of sp³-hybridized carbons (Fsp3) is 0.158. The van der Waals surface area contributed by atoms with Crippen molar-refractivity contribution in [2.24, 2.45) is 0 Å². The number of ether oxygens (including phenoxy) is 1. The highest BCUT2D eigenvalue weighted by atomic mass is 35.5. The lowest BCUT2D eigenvalue weighted by Gasteiger charge is -2.12. The summed E-state index contributed by atoms with van der Waals surface area (Å²) >= 11 is 7.05. The second-order valence-corrected chi connectivity index (χ2v) is 7.16. The SMILES string of the molecule is COc1ccc(-n2ccnc2SCC(=O)Nc2cc(C(F)(F)F)ccc2Cl)cc1. The van der Waals surface area contributed by atoms with Crippen LogP contribution in [0.4, 0.5) is 18.9 Å². The Balaban J connectivity index is 1.67. The third-order valence-corrected chi connectivity index (χ3v) is 5.15. The molecule has 1 amide bonds. The normalized spacial score (nSPS) is 11.3. The van der Waals surface area contributed by atoms with Gasteiger partial charge in [0.25, 0.3) is 0 Å². The molecular weight excluding hydrogens is 427 g/mol. The zero-order valence-electron chi connectivity index (χ0n) is 15.0. The van der Waals surface area contributed by atoms with Crippen LogP contribution in [-0.2, 0) is 11.0 Å². The highest BCUT2D eigenvalue weighted by Crippen LogP contribution is 2.34. The Bertz CT molecular complexity index is 1010. The molecule has 5 nitrogen and oxygen atoms in total. The van der Waals surface area contributed by atoms with Crippen molar-refractivity contribution in [3.8, 4) is 11.4 Å². The van der Waals surface area contributed by atoms with Crippen molar-refractivity contribution in [3.63, 3.8) is 0 Å². The van der Waals surface area contributed by atoms with Gasteiger partial charge in [-0.05, 0) is 42.5 Å². The van der Waals surface area contributed by atoms with Crippen LogP contribution < -0.4 is 10.1 Å². The van der Waals surface area contributed by atoms with Gasteiger partial charge in [-0.3, -0.25) is 9.36 Å². The third kappa shape index (κ3) is 5.24. The number of amides is 1. The molecule has 0 saturated carbocycles. The number of thioether (sulfide) groups is 1. The van der Waals surface area contributed by atoms with Crippen LogP contribution in [0.5, 0.6) is 5.75 Å². The molecule has 3 aromatic rings. The van der Waals surface area contributed by atoms with Gasteiger partial charge in [-0.1, -0.05) is 23.4 Å². The number of benzene rings is 2. The molecule has 0 bridgehead atoms. The van der Waals surface area contributed by atoms with Gasteiger partial charge in [0, 0.05) is 18.1 Å². The molecule has 0 saturated heterocycles. The van der Waals surface area contributed by atoms with Gasteiger partial charge in [-0.15, -0.1) is 0 Å². The molecule has 0 aliphatic heterocycles. The van der Waals surface area contributed by atoms with Gasteiger partial charge in [-0.25, -0.2) is 4.98 Å². The average Bonchev–Trinajstić information content (AvgIpc) is 3.16. The Morgan fingerprint density at radius 3 is 2.62 bits per heavy atom. The van der Waals surface area contributed by atoms with E-state index in [0.29, 0.717) is 10.9 Å². The van der Waals surface area contributed by atoms with Gasteiger partial charge in [0.1, 0.15) is 5.75 Å². The first-order chi connectivity index (χ1) is 13.8. The maximum absolute atomic E-state index is 12.8. The second kappa shape index (κ2) is 8.79. The van der Waals surface area contributed by atoms with Crippen LogP contribution in [0, 0.1) is 0 Å². The number of alkyl halides is 3. The molecule has 1 heterocycles. The maximum Gasteiger partial charge on any atom is 0.416 e. The van der Waals surface area contributed by atoms with Crippen LogP contribution in [-0.4, -0.2) is 28.3 Å². The van der Waals surface area contributed by atoms with Gasteiger partial charge >= 0.3 is 6.18 Å². The molecule has 0 unspecified atom stereocenters. The zero-order valence-corrected chi connectivity index (χ0v) is 16.6. The molecule has 0 aliphatic carbocycles. The maximum atomic E-state index is 12.8. The highest BCUT2D eigenvalue weighted by molar-refractivity contribution is 7.99. The Labute approximate surface area is 173 Å². The minimum absolute atomic E-state index is 0.0242. The van der Waals surface area contributed by atoms with Crippen LogP contribution in [0.1, 0.15) is 5.56 Å². The van der Waals surface area contributed by atoms with Crippen LogP contribution in [0.15, 0.2) is 60.0 Å². The Morgan fingerprint density at radius 1 is 1.24 bits per heavy atom. The zero-order chi connectivity index (χ0) is 21.0. The molecule has 3 rings (SSSR count). The van der Waals surface area contributed by atoms with Crippen molar-refractivity contribution in [2.45, 2.75) is 11.3 Å². The number of nitrogens with one attached hydrogen (secondary N) is 1. The lowest BCUT2D eigenvalue weighted by Crippen LogP contribution is -2.16. The number of carbonyl (C=O) groups excluding carboxylic acids is 1. The van der Waals surface area contributed by atoms with Crippen LogP contribution >= 0.6 is 23.4 Å². The monoisotopic (exact) mass is 441 g/mol. The number of imidazole rings is 1. The van der Waals surface area contributed by atoms with E-state index in [4.69, 9.17) is 16.3 Å². The number of methoxy groups -OCH3 is 1. The summed E-state index contributed by atoms with van der Waals surface area (Å²) in [5, 5.41) is 2.99. The molecule has 0 spiro atoms. The predicted octanol–water partition coefficient (Wildman–Crippen LogP) is 5.28. The standard InChI is InChI=1S/C19H15ClF3N3O2S/c1-28-14-5-3-13(4-6-14)26-9-8-24-18(26)29-11-17(27)25-16-10-12(19(21,22)23)2-7-15(16)20/h2-10H,11H2,1H3,(H,25,27). The largest absolute Gasteiger partial charge is 0.497 e. The fourth-order valence-corrected chi connectivity index (χ4v) is 3.39. The van der Waals surface area contributed by atoms with Gasteiger partial charge in [0.2, 0.25) is 5.91 Å². The van der Waals surface area contributed by atoms with Crippen molar-refractivity contribution in [2.75, 3.05) is 18.2 Å². The van der Waals surface area contributed by atoms with Gasteiger partial charge in [0.05, 0.1) is 29.1 Å². The molecule has 0 atom stereocenters. The van der Waals surface area contributed by atoms with Crippen molar-refractivity contribution in [1.82, 2.24) is 9.55 Å². The molecule has 2 aromatic carbocycles. The molecule has 1 N–H and O–H groups in total. The van der Waals surface area contributed by atoms with E-state index in [0.717, 1.165) is 35.6 Å². The summed E-state index contributed by atoms with van der Waals surface area (Å²) in [6, 6.07) is 10.0. The van der Waals surface area contributed by atoms with E-state index < -0.39 is 17.6 Å². The summed E-state index contributed by atoms with van der Waals surface area (Å²) in [6.07, 6.45) is -1.19. The minimum Gasteiger partial charge on any atom is -0.497 e. The Kier molecular flexibility index (Phi) is 6.39. The summed E-state index contributed by atoms with van der Waals surface area (Å²) in [7, 11) is 1.57. The van der Waals surface area contributed by atoms with Crippen LogP contribution in [0.25, 0.3) is 5.69 Å². The van der Waals surface area contributed by atoms with E-state index in [1.807, 2.05) is 12.1 Å². The van der Waals surface area contributed by atoms with Crippen molar-refractivity contribution in [3.05, 3.63) is 65.4 Å². The van der Waals surface area contributed by atoms with E-state index in [1.54, 1.807) is 36.2 Å². The van der Waals surface area contributed by atoms with Gasteiger partial charge < -0.3 is 10.1 Å². The van der Waals surface area contributed by atoms with Gasteiger partial charge in [-0.2, -0.15) is 13.2 Å². The first-order valence-corrected chi connectivity index (χ1v) is 9.61. The summed E-state index contributed by atoms with van der Waals surface area (Å²) in [5.41, 5.74) is -0.155. The third-order valence-electron chi connectivity index (χ3n) is 3.86. The van der Waals surface area contributed by atoms with E-state index in [9.17, 15) is 18.0 Å². The Hall–Kier alpha value is -2.65. The number of hydrogen-bond donors (Lipinski definition) is 1. The van der Waals surface area contributed by atoms with E-state index in [-0.39, 0.29) is 16.5 Å². The first-order valence-electron chi connectivity index (χ1n) is 8.25. The number of hydrogen-bond acceptors (Lipinski definition) is 4. The highest BCUT2D eigenvalue weighted by Gasteiger charge is 2.31. The molecular formula is C19H15ClF3N3O2S. The number of aromatic nitrogens is 2. The lowest BCUT2D eigenvalue weighted by molar-refractivity contribution is -0.137. The van der Waals surface area contributed by atoms with Gasteiger partial charge in [0.15, 0.2) is 5.16 Å². The summed E-state index contributed by atoms with van der Waals surface area (Å²) < 4.78 is 45.4. The van der Waals surface area contributed by atoms with Crippen LogP contribution in [0.2, 0.25) is 5.02 Å². The quantitative estimate of drug-likeness (QED) is 0.528. The first kappa shape index (κ1) is 21.1. The number of anilines is 1. The summed E-state index contributed by atoms with van der Waals surface area (Å²) in [4.78, 5) is 16.4. The van der Waals surface area contributed by atoms with E-state index in [2.05, 4.69) is 10.3 Å². The van der Waals surface area contributed by atoms with E-state index >= 15 is 0 Å². The van der Waals surface area contributed by atoms with E-state index in [1.165, 1.54) is 0 Å². The number of rotatable bonds is 6. The lowest BCUT2D eigenvalue weighted by atomic mass is 10.2. The smallest absolute Gasteiger partial charge is 0.416 e. The molecule has 1 aromatic heterocycles. The summed E-state index contributed by atoms with van der Waals surface area (Å²) in [6.45, 7) is 0.